The van der Waals surface area contributed by atoms with Gasteiger partial charge in [-0.05, 0) is 36.5 Å². The summed E-state index contributed by atoms with van der Waals surface area (Å²) in [6, 6.07) is 4.90. The number of hydrogen-bond donors (Lipinski definition) is 1. The van der Waals surface area contributed by atoms with Crippen molar-refractivity contribution >= 4 is 16.0 Å². The third-order valence-corrected chi connectivity index (χ3v) is 6.10. The number of guanidine groups is 1. The van der Waals surface area contributed by atoms with Crippen molar-refractivity contribution in [3.05, 3.63) is 29.6 Å². The Kier molecular flexibility index (Phi) is 7.43. The molecule has 0 aliphatic carbocycles. The van der Waals surface area contributed by atoms with E-state index in [1.807, 2.05) is 18.0 Å². The number of nitrogens with zero attached hydrogens (tertiary/aromatic N) is 3. The van der Waals surface area contributed by atoms with Gasteiger partial charge in [0.05, 0.1) is 13.4 Å². The SMILES string of the molecule is CN=C(NCC1CCN(S(C)(=O)=O)CC1)N(C)Cc1ccc(OC)c(F)c1. The third-order valence-electron chi connectivity index (χ3n) is 4.80. The molecular weight excluding hydrogens is 371 g/mol. The monoisotopic (exact) mass is 400 g/mol. The van der Waals surface area contributed by atoms with Gasteiger partial charge in [0.15, 0.2) is 17.5 Å². The van der Waals surface area contributed by atoms with Crippen LogP contribution in [0, 0.1) is 11.7 Å². The van der Waals surface area contributed by atoms with E-state index in [4.69, 9.17) is 4.74 Å². The van der Waals surface area contributed by atoms with E-state index in [0.717, 1.165) is 30.9 Å². The number of halogens is 1. The average Bonchev–Trinajstić information content (AvgIpc) is 2.62. The van der Waals surface area contributed by atoms with E-state index in [1.54, 1.807) is 13.1 Å². The lowest BCUT2D eigenvalue weighted by Crippen LogP contribution is -2.44. The first-order valence-corrected chi connectivity index (χ1v) is 10.8. The van der Waals surface area contributed by atoms with E-state index >= 15 is 0 Å². The lowest BCUT2D eigenvalue weighted by molar-refractivity contribution is 0.273. The summed E-state index contributed by atoms with van der Waals surface area (Å²) in [5.41, 5.74) is 0.820. The summed E-state index contributed by atoms with van der Waals surface area (Å²) in [5, 5.41) is 3.34. The van der Waals surface area contributed by atoms with Crippen molar-refractivity contribution in [1.82, 2.24) is 14.5 Å². The van der Waals surface area contributed by atoms with Crippen LogP contribution >= 0.6 is 0 Å². The lowest BCUT2D eigenvalue weighted by atomic mass is 9.98. The number of nitrogens with one attached hydrogen (secondary N) is 1. The molecule has 1 saturated heterocycles. The molecule has 0 spiro atoms. The zero-order valence-corrected chi connectivity index (χ0v) is 17.2. The van der Waals surface area contributed by atoms with Gasteiger partial charge in [-0.3, -0.25) is 4.99 Å². The summed E-state index contributed by atoms with van der Waals surface area (Å²) in [4.78, 5) is 6.21. The minimum absolute atomic E-state index is 0.226. The Morgan fingerprint density at radius 3 is 2.59 bits per heavy atom. The Balaban J connectivity index is 1.85. The van der Waals surface area contributed by atoms with Crippen LogP contribution in [0.2, 0.25) is 0 Å². The van der Waals surface area contributed by atoms with Crippen LogP contribution in [0.25, 0.3) is 0 Å². The highest BCUT2D eigenvalue weighted by Crippen LogP contribution is 2.19. The number of hydrogen-bond acceptors (Lipinski definition) is 4. The van der Waals surface area contributed by atoms with Crippen molar-refractivity contribution in [1.29, 1.82) is 0 Å². The van der Waals surface area contributed by atoms with Gasteiger partial charge in [-0.1, -0.05) is 6.07 Å². The summed E-state index contributed by atoms with van der Waals surface area (Å²) >= 11 is 0. The number of sulfonamides is 1. The van der Waals surface area contributed by atoms with Gasteiger partial charge in [0.2, 0.25) is 10.0 Å². The van der Waals surface area contributed by atoms with Crippen LogP contribution in [0.1, 0.15) is 18.4 Å². The highest BCUT2D eigenvalue weighted by atomic mass is 32.2. The minimum Gasteiger partial charge on any atom is -0.494 e. The molecule has 2 rings (SSSR count). The van der Waals surface area contributed by atoms with Crippen molar-refractivity contribution in [2.75, 3.05) is 47.1 Å². The molecule has 0 unspecified atom stereocenters. The molecule has 0 amide bonds. The number of benzene rings is 1. The van der Waals surface area contributed by atoms with Gasteiger partial charge >= 0.3 is 0 Å². The predicted molar refractivity (Wildman–Crippen MR) is 105 cm³/mol. The second-order valence-corrected chi connectivity index (χ2v) is 8.84. The number of ether oxygens (including phenoxy) is 1. The zero-order valence-electron chi connectivity index (χ0n) is 16.4. The first kappa shape index (κ1) is 21.4. The Labute approximate surface area is 161 Å². The quantitative estimate of drug-likeness (QED) is 0.579. The maximum atomic E-state index is 13.9. The van der Waals surface area contributed by atoms with Crippen molar-refractivity contribution < 1.29 is 17.5 Å². The molecule has 0 atom stereocenters. The Morgan fingerprint density at radius 2 is 2.07 bits per heavy atom. The molecule has 1 aromatic carbocycles. The highest BCUT2D eigenvalue weighted by Gasteiger charge is 2.25. The topological polar surface area (TPSA) is 74.2 Å². The molecule has 1 fully saturated rings. The number of rotatable bonds is 6. The maximum absolute atomic E-state index is 13.9. The van der Waals surface area contributed by atoms with Crippen LogP contribution in [-0.4, -0.2) is 70.7 Å². The minimum atomic E-state index is -3.10. The third kappa shape index (κ3) is 6.07. The molecule has 152 valence electrons. The van der Waals surface area contributed by atoms with Gasteiger partial charge in [0, 0.05) is 40.3 Å². The van der Waals surface area contributed by atoms with Crippen LogP contribution in [0.5, 0.6) is 5.75 Å². The van der Waals surface area contributed by atoms with Crippen LogP contribution in [0.15, 0.2) is 23.2 Å². The van der Waals surface area contributed by atoms with Gasteiger partial charge in [0.1, 0.15) is 0 Å². The first-order chi connectivity index (χ1) is 12.7. The van der Waals surface area contributed by atoms with Crippen LogP contribution in [0.4, 0.5) is 4.39 Å². The Bertz CT molecular complexity index is 762. The fraction of sp³-hybridized carbons (Fsp3) is 0.611. The van der Waals surface area contributed by atoms with Gasteiger partial charge in [-0.15, -0.1) is 0 Å². The van der Waals surface area contributed by atoms with E-state index in [1.165, 1.54) is 23.7 Å². The molecule has 0 radical (unpaired) electrons. The zero-order chi connectivity index (χ0) is 20.0. The van der Waals surface area contributed by atoms with Crippen molar-refractivity contribution in [3.8, 4) is 5.75 Å². The largest absolute Gasteiger partial charge is 0.494 e. The fourth-order valence-corrected chi connectivity index (χ4v) is 4.10. The maximum Gasteiger partial charge on any atom is 0.211 e. The molecule has 1 aliphatic heterocycles. The predicted octanol–water partition coefficient (Wildman–Crippen LogP) is 1.51. The van der Waals surface area contributed by atoms with Crippen LogP contribution in [-0.2, 0) is 16.6 Å². The first-order valence-electron chi connectivity index (χ1n) is 8.94. The number of aliphatic imine (C=N–C) groups is 1. The standard InChI is InChI=1S/C18H29FN4O3S/c1-20-18(21-12-14-7-9-23(10-8-14)27(4,24)25)22(2)13-15-5-6-17(26-3)16(19)11-15/h5-6,11,14H,7-10,12-13H2,1-4H3,(H,20,21). The van der Waals surface area contributed by atoms with Crippen LogP contribution < -0.4 is 10.1 Å². The summed E-state index contributed by atoms with van der Waals surface area (Å²) in [6.45, 7) is 2.36. The molecule has 0 saturated carbocycles. The van der Waals surface area contributed by atoms with Crippen LogP contribution in [0.3, 0.4) is 0 Å². The van der Waals surface area contributed by atoms with E-state index in [0.29, 0.717) is 25.6 Å². The van der Waals surface area contributed by atoms with Crippen molar-refractivity contribution in [2.24, 2.45) is 10.9 Å². The number of piperidine rings is 1. The second-order valence-electron chi connectivity index (χ2n) is 6.86. The fourth-order valence-electron chi connectivity index (χ4n) is 3.22. The molecule has 0 aromatic heterocycles. The molecule has 1 aliphatic rings. The van der Waals surface area contributed by atoms with Gasteiger partial charge in [-0.25, -0.2) is 17.1 Å². The Hall–Kier alpha value is -1.87. The Morgan fingerprint density at radius 1 is 1.41 bits per heavy atom. The van der Waals surface area contributed by atoms with E-state index in [9.17, 15) is 12.8 Å². The molecule has 27 heavy (non-hydrogen) atoms. The molecule has 9 heteroatoms. The van der Waals surface area contributed by atoms with Crippen molar-refractivity contribution in [2.45, 2.75) is 19.4 Å². The second kappa shape index (κ2) is 9.36. The summed E-state index contributed by atoms with van der Waals surface area (Å²) < 4.78 is 43.5. The highest BCUT2D eigenvalue weighted by molar-refractivity contribution is 7.88. The van der Waals surface area contributed by atoms with E-state index in [-0.39, 0.29) is 11.6 Å². The molecular formula is C18H29FN4O3S. The normalized spacial score (nSPS) is 17.0. The summed E-state index contributed by atoms with van der Waals surface area (Å²) in [6.07, 6.45) is 2.90. The van der Waals surface area contributed by atoms with Gasteiger partial charge in [-0.2, -0.15) is 0 Å². The summed E-state index contributed by atoms with van der Waals surface area (Å²) in [7, 11) is 1.94. The molecule has 1 heterocycles. The van der Waals surface area contributed by atoms with E-state index in [2.05, 4.69) is 10.3 Å². The number of methoxy groups -OCH3 is 1. The van der Waals surface area contributed by atoms with Gasteiger partial charge in [0.25, 0.3) is 0 Å². The molecule has 1 aromatic rings. The summed E-state index contributed by atoms with van der Waals surface area (Å²) in [5.74, 6) is 0.955. The average molecular weight is 401 g/mol. The van der Waals surface area contributed by atoms with Crippen molar-refractivity contribution in [3.63, 3.8) is 0 Å². The smallest absolute Gasteiger partial charge is 0.211 e. The molecule has 7 nitrogen and oxygen atoms in total. The molecule has 1 N–H and O–H groups in total. The van der Waals surface area contributed by atoms with E-state index < -0.39 is 10.0 Å². The molecule has 0 bridgehead atoms. The lowest BCUT2D eigenvalue weighted by Gasteiger charge is -2.31. The van der Waals surface area contributed by atoms with Gasteiger partial charge < -0.3 is 15.0 Å².